The van der Waals surface area contributed by atoms with Crippen molar-refractivity contribution in [2.45, 2.75) is 50.5 Å². The number of benzene rings is 1. The second-order valence-electron chi connectivity index (χ2n) is 5.24. The maximum absolute atomic E-state index is 12.3. The Labute approximate surface area is 137 Å². The minimum atomic E-state index is -3.37. The summed E-state index contributed by atoms with van der Waals surface area (Å²) in [5.74, 6) is 0.105. The van der Waals surface area contributed by atoms with E-state index in [0.717, 1.165) is 25.8 Å². The van der Waals surface area contributed by atoms with Gasteiger partial charge in [-0.25, -0.2) is 8.42 Å². The molecule has 1 rings (SSSR count). The first-order chi connectivity index (χ1) is 9.86. The van der Waals surface area contributed by atoms with E-state index in [1.165, 1.54) is 12.1 Å². The molecule has 1 N–H and O–H groups in total. The molecule has 120 valence electrons. The molecule has 3 nitrogen and oxygen atoms in total. The van der Waals surface area contributed by atoms with Crippen LogP contribution in [0.4, 0.5) is 0 Å². The van der Waals surface area contributed by atoms with Gasteiger partial charge in [-0.05, 0) is 50.9 Å². The van der Waals surface area contributed by atoms with Crippen LogP contribution in [-0.4, -0.2) is 26.8 Å². The van der Waals surface area contributed by atoms with Gasteiger partial charge in [0.25, 0.3) is 0 Å². The van der Waals surface area contributed by atoms with Crippen LogP contribution in [0.1, 0.15) is 39.5 Å². The van der Waals surface area contributed by atoms with E-state index in [9.17, 15) is 8.42 Å². The first kappa shape index (κ1) is 18.8. The number of hydrogen-bond donors (Lipinski definition) is 1. The molecule has 0 aliphatic rings. The van der Waals surface area contributed by atoms with Crippen molar-refractivity contribution in [2.24, 2.45) is 0 Å². The van der Waals surface area contributed by atoms with Gasteiger partial charge in [0, 0.05) is 11.1 Å². The van der Waals surface area contributed by atoms with Gasteiger partial charge in [-0.1, -0.05) is 36.5 Å². The Balaban J connectivity index is 2.49. The van der Waals surface area contributed by atoms with Crippen LogP contribution < -0.4 is 5.32 Å². The molecule has 0 bridgehead atoms. The summed E-state index contributed by atoms with van der Waals surface area (Å²) in [4.78, 5) is 0.133. The summed E-state index contributed by atoms with van der Waals surface area (Å²) >= 11 is 11.8. The molecule has 0 spiro atoms. The molecule has 0 saturated heterocycles. The fourth-order valence-corrected chi connectivity index (χ4v) is 4.24. The summed E-state index contributed by atoms with van der Waals surface area (Å²) in [5, 5.41) is 4.01. The number of sulfone groups is 1. The molecule has 0 saturated carbocycles. The summed E-state index contributed by atoms with van der Waals surface area (Å²) in [6.07, 6.45) is 3.57. The number of halogens is 2. The molecule has 0 amide bonds. The van der Waals surface area contributed by atoms with Crippen LogP contribution in [0.5, 0.6) is 0 Å². The van der Waals surface area contributed by atoms with Crippen LogP contribution in [0, 0.1) is 0 Å². The van der Waals surface area contributed by atoms with E-state index in [1.54, 1.807) is 6.07 Å². The largest absolute Gasteiger partial charge is 0.314 e. The molecule has 1 atom stereocenters. The highest BCUT2D eigenvalue weighted by Gasteiger charge is 2.18. The van der Waals surface area contributed by atoms with Gasteiger partial charge in [-0.3, -0.25) is 0 Å². The highest BCUT2D eigenvalue weighted by molar-refractivity contribution is 7.91. The molecule has 0 heterocycles. The van der Waals surface area contributed by atoms with Crippen molar-refractivity contribution in [3.63, 3.8) is 0 Å². The lowest BCUT2D eigenvalue weighted by Crippen LogP contribution is -2.26. The molecule has 21 heavy (non-hydrogen) atoms. The topological polar surface area (TPSA) is 46.2 Å². The number of nitrogens with one attached hydrogen (secondary N) is 1. The fraction of sp³-hybridized carbons (Fsp3) is 0.600. The third-order valence-electron chi connectivity index (χ3n) is 3.27. The van der Waals surface area contributed by atoms with E-state index in [-0.39, 0.29) is 15.7 Å². The zero-order valence-electron chi connectivity index (χ0n) is 12.5. The Morgan fingerprint density at radius 2 is 1.95 bits per heavy atom. The van der Waals surface area contributed by atoms with Gasteiger partial charge in [0.05, 0.1) is 15.7 Å². The molecule has 0 fully saturated rings. The van der Waals surface area contributed by atoms with E-state index < -0.39 is 9.84 Å². The lowest BCUT2D eigenvalue weighted by Gasteiger charge is -2.13. The first-order valence-electron chi connectivity index (χ1n) is 7.28. The molecule has 1 aromatic rings. The Kier molecular flexibility index (Phi) is 8.03. The standard InChI is InChI=1S/C15H23Cl2NO2S/c1-3-9-18-12(2)6-4-5-10-21(19,20)15-11-13(16)7-8-14(15)17/h7-8,11-12,18H,3-6,9-10H2,1-2H3. The van der Waals surface area contributed by atoms with Crippen LogP contribution in [0.3, 0.4) is 0 Å². The van der Waals surface area contributed by atoms with Crippen molar-refractivity contribution in [1.82, 2.24) is 5.32 Å². The van der Waals surface area contributed by atoms with Crippen molar-refractivity contribution in [3.05, 3.63) is 28.2 Å². The van der Waals surface area contributed by atoms with Crippen LogP contribution in [0.2, 0.25) is 10.0 Å². The van der Waals surface area contributed by atoms with Gasteiger partial charge in [0.15, 0.2) is 9.84 Å². The van der Waals surface area contributed by atoms with Gasteiger partial charge >= 0.3 is 0 Å². The first-order valence-corrected chi connectivity index (χ1v) is 9.69. The van der Waals surface area contributed by atoms with Gasteiger partial charge in [0.2, 0.25) is 0 Å². The van der Waals surface area contributed by atoms with Crippen molar-refractivity contribution in [3.8, 4) is 0 Å². The highest BCUT2D eigenvalue weighted by atomic mass is 35.5. The predicted molar refractivity (Wildman–Crippen MR) is 90.1 cm³/mol. The molecule has 0 radical (unpaired) electrons. The maximum atomic E-state index is 12.3. The SMILES string of the molecule is CCCNC(C)CCCCS(=O)(=O)c1cc(Cl)ccc1Cl. The van der Waals surface area contributed by atoms with Crippen LogP contribution in [-0.2, 0) is 9.84 Å². The summed E-state index contributed by atoms with van der Waals surface area (Å²) in [6.45, 7) is 5.25. The smallest absolute Gasteiger partial charge is 0.179 e. The van der Waals surface area contributed by atoms with E-state index in [0.29, 0.717) is 17.5 Å². The summed E-state index contributed by atoms with van der Waals surface area (Å²) in [6, 6.07) is 4.95. The number of hydrogen-bond acceptors (Lipinski definition) is 3. The monoisotopic (exact) mass is 351 g/mol. The van der Waals surface area contributed by atoms with E-state index in [1.807, 2.05) is 0 Å². The minimum Gasteiger partial charge on any atom is -0.314 e. The molecule has 1 aromatic carbocycles. The van der Waals surface area contributed by atoms with Gasteiger partial charge in [-0.2, -0.15) is 0 Å². The summed E-state index contributed by atoms with van der Waals surface area (Å²) in [5.41, 5.74) is 0. The lowest BCUT2D eigenvalue weighted by molar-refractivity contribution is 0.494. The molecular weight excluding hydrogens is 329 g/mol. The molecule has 0 aromatic heterocycles. The Morgan fingerprint density at radius 3 is 2.62 bits per heavy atom. The average molecular weight is 352 g/mol. The fourth-order valence-electron chi connectivity index (χ4n) is 2.06. The maximum Gasteiger partial charge on any atom is 0.179 e. The van der Waals surface area contributed by atoms with Gasteiger partial charge in [0.1, 0.15) is 0 Å². The summed E-state index contributed by atoms with van der Waals surface area (Å²) in [7, 11) is -3.37. The second kappa shape index (κ2) is 8.99. The molecule has 1 unspecified atom stereocenters. The Morgan fingerprint density at radius 1 is 1.24 bits per heavy atom. The van der Waals surface area contributed by atoms with E-state index >= 15 is 0 Å². The minimum absolute atomic E-state index is 0.105. The van der Waals surface area contributed by atoms with Gasteiger partial charge in [-0.15, -0.1) is 0 Å². The Bertz CT molecular complexity index is 547. The van der Waals surface area contributed by atoms with Crippen molar-refractivity contribution < 1.29 is 8.42 Å². The zero-order chi connectivity index (χ0) is 15.9. The highest BCUT2D eigenvalue weighted by Crippen LogP contribution is 2.26. The van der Waals surface area contributed by atoms with Crippen molar-refractivity contribution in [1.29, 1.82) is 0 Å². The van der Waals surface area contributed by atoms with Crippen LogP contribution >= 0.6 is 23.2 Å². The van der Waals surface area contributed by atoms with Crippen molar-refractivity contribution in [2.75, 3.05) is 12.3 Å². The predicted octanol–water partition coefficient (Wildman–Crippen LogP) is 4.33. The molecule has 0 aliphatic heterocycles. The van der Waals surface area contributed by atoms with E-state index in [4.69, 9.17) is 23.2 Å². The van der Waals surface area contributed by atoms with Crippen LogP contribution in [0.25, 0.3) is 0 Å². The number of rotatable bonds is 9. The van der Waals surface area contributed by atoms with E-state index in [2.05, 4.69) is 19.2 Å². The molecule has 0 aliphatic carbocycles. The zero-order valence-corrected chi connectivity index (χ0v) is 14.9. The average Bonchev–Trinajstić information content (AvgIpc) is 2.44. The third-order valence-corrected chi connectivity index (χ3v) is 5.78. The van der Waals surface area contributed by atoms with Crippen LogP contribution in [0.15, 0.2) is 23.1 Å². The van der Waals surface area contributed by atoms with Crippen molar-refractivity contribution >= 4 is 33.0 Å². The third kappa shape index (κ3) is 6.55. The second-order valence-corrected chi connectivity index (χ2v) is 8.17. The summed E-state index contributed by atoms with van der Waals surface area (Å²) < 4.78 is 24.5. The normalized spacial score (nSPS) is 13.3. The quantitative estimate of drug-likeness (QED) is 0.673. The molecular formula is C15H23Cl2NO2S. The van der Waals surface area contributed by atoms with Gasteiger partial charge < -0.3 is 5.32 Å². The molecule has 6 heteroatoms. The Hall–Kier alpha value is -0.290. The lowest BCUT2D eigenvalue weighted by atomic mass is 10.1. The number of unbranched alkanes of at least 4 members (excludes halogenated alkanes) is 1.